The molecule has 0 fully saturated rings. The van der Waals surface area contributed by atoms with Crippen molar-refractivity contribution in [1.82, 2.24) is 0 Å². The van der Waals surface area contributed by atoms with E-state index < -0.39 is 6.16 Å². The van der Waals surface area contributed by atoms with E-state index in [-0.39, 0.29) is 13.2 Å². The Hall–Kier alpha value is -2.37. The molecule has 5 heteroatoms. The first-order valence-corrected chi connectivity index (χ1v) is 7.67. The predicted octanol–water partition coefficient (Wildman–Crippen LogP) is 3.48. The van der Waals surface area contributed by atoms with Crippen LogP contribution in [-0.4, -0.2) is 16.4 Å². The molecule has 0 atom stereocenters. The van der Waals surface area contributed by atoms with Crippen LogP contribution in [0, 0.1) is 27.7 Å². The van der Waals surface area contributed by atoms with Gasteiger partial charge in [-0.2, -0.15) is 0 Å². The number of ether oxygens (including phenoxy) is 2. The van der Waals surface area contributed by atoms with Gasteiger partial charge in [0.1, 0.15) is 11.5 Å². The van der Waals surface area contributed by atoms with Crippen molar-refractivity contribution in [2.75, 3.05) is 0 Å². The summed E-state index contributed by atoms with van der Waals surface area (Å²) in [5, 5.41) is 18.4. The minimum atomic E-state index is -0.819. The van der Waals surface area contributed by atoms with Crippen LogP contribution in [0.3, 0.4) is 0 Å². The van der Waals surface area contributed by atoms with Crippen LogP contribution in [0.1, 0.15) is 33.4 Å². The number of carbonyl (C=O) groups excluding carboxylic acids is 1. The minimum Gasteiger partial charge on any atom is -0.394 e. The van der Waals surface area contributed by atoms with Crippen molar-refractivity contribution in [2.24, 2.45) is 0 Å². The lowest BCUT2D eigenvalue weighted by atomic mass is 10.1. The van der Waals surface area contributed by atoms with E-state index in [1.165, 1.54) is 0 Å². The molecule has 0 unspecified atom stereocenters. The molecule has 2 aromatic rings. The summed E-state index contributed by atoms with van der Waals surface area (Å²) in [6, 6.07) is 7.06. The highest BCUT2D eigenvalue weighted by atomic mass is 16.7. The Morgan fingerprint density at radius 3 is 1.29 bits per heavy atom. The molecule has 0 aliphatic heterocycles. The highest BCUT2D eigenvalue weighted by Gasteiger charge is 2.16. The van der Waals surface area contributed by atoms with Crippen LogP contribution >= 0.6 is 0 Å². The number of aliphatic hydroxyl groups excluding tert-OH is 2. The van der Waals surface area contributed by atoms with E-state index in [1.807, 2.05) is 0 Å². The summed E-state index contributed by atoms with van der Waals surface area (Å²) in [6.07, 6.45) is -0.819. The standard InChI is InChI=1S/C19H22O5/c1-11-5-15(9-20)6-12(2)17(11)23-19(22)24-18-13(3)7-16(10-21)8-14(18)4/h5-8,20-21H,9-10H2,1-4H3. The van der Waals surface area contributed by atoms with Crippen LogP contribution in [0.25, 0.3) is 0 Å². The first kappa shape index (κ1) is 18.0. The van der Waals surface area contributed by atoms with Crippen molar-refractivity contribution < 1.29 is 24.5 Å². The largest absolute Gasteiger partial charge is 0.519 e. The van der Waals surface area contributed by atoms with Crippen molar-refractivity contribution in [3.63, 3.8) is 0 Å². The number of rotatable bonds is 4. The lowest BCUT2D eigenvalue weighted by Gasteiger charge is -2.14. The van der Waals surface area contributed by atoms with Gasteiger partial charge in [-0.05, 0) is 61.1 Å². The zero-order chi connectivity index (χ0) is 17.9. The van der Waals surface area contributed by atoms with Gasteiger partial charge in [-0.15, -0.1) is 0 Å². The van der Waals surface area contributed by atoms with Gasteiger partial charge in [0.2, 0.25) is 0 Å². The van der Waals surface area contributed by atoms with Crippen molar-refractivity contribution in [3.8, 4) is 11.5 Å². The molecule has 0 radical (unpaired) electrons. The van der Waals surface area contributed by atoms with Gasteiger partial charge in [-0.3, -0.25) is 0 Å². The highest BCUT2D eigenvalue weighted by molar-refractivity contribution is 5.69. The van der Waals surface area contributed by atoms with Crippen LogP contribution < -0.4 is 9.47 Å². The first-order chi connectivity index (χ1) is 11.3. The van der Waals surface area contributed by atoms with Gasteiger partial charge < -0.3 is 19.7 Å². The van der Waals surface area contributed by atoms with Gasteiger partial charge in [-0.25, -0.2) is 4.79 Å². The zero-order valence-corrected chi connectivity index (χ0v) is 14.3. The Morgan fingerprint density at radius 2 is 1.04 bits per heavy atom. The lowest BCUT2D eigenvalue weighted by Crippen LogP contribution is -2.16. The third kappa shape index (κ3) is 3.93. The fourth-order valence-corrected chi connectivity index (χ4v) is 2.77. The molecule has 0 spiro atoms. The van der Waals surface area contributed by atoms with Crippen LogP contribution in [-0.2, 0) is 13.2 Å². The van der Waals surface area contributed by atoms with Crippen molar-refractivity contribution in [2.45, 2.75) is 40.9 Å². The molecule has 0 bridgehead atoms. The third-order valence-corrected chi connectivity index (χ3v) is 3.78. The molecule has 0 aliphatic rings. The van der Waals surface area contributed by atoms with Gasteiger partial charge in [0.25, 0.3) is 0 Å². The zero-order valence-electron chi connectivity index (χ0n) is 14.3. The summed E-state index contributed by atoms with van der Waals surface area (Å²) < 4.78 is 10.7. The van der Waals surface area contributed by atoms with Gasteiger partial charge in [0.05, 0.1) is 13.2 Å². The number of aryl methyl sites for hydroxylation is 4. The number of hydrogen-bond acceptors (Lipinski definition) is 5. The van der Waals surface area contributed by atoms with Gasteiger partial charge in [0, 0.05) is 0 Å². The molecule has 128 valence electrons. The maximum absolute atomic E-state index is 12.2. The van der Waals surface area contributed by atoms with Gasteiger partial charge in [0.15, 0.2) is 0 Å². The SMILES string of the molecule is Cc1cc(CO)cc(C)c1OC(=O)Oc1c(C)cc(CO)cc1C. The van der Waals surface area contributed by atoms with E-state index in [2.05, 4.69) is 0 Å². The van der Waals surface area contributed by atoms with Crippen LogP contribution in [0.15, 0.2) is 24.3 Å². The summed E-state index contributed by atoms with van der Waals surface area (Å²) in [4.78, 5) is 12.2. The number of benzene rings is 2. The fourth-order valence-electron chi connectivity index (χ4n) is 2.77. The second kappa shape index (κ2) is 7.47. The normalized spacial score (nSPS) is 10.6. The maximum atomic E-state index is 12.2. The first-order valence-electron chi connectivity index (χ1n) is 7.67. The average Bonchev–Trinajstić information content (AvgIpc) is 2.53. The average molecular weight is 330 g/mol. The van der Waals surface area contributed by atoms with Gasteiger partial charge in [-0.1, -0.05) is 24.3 Å². The Balaban J connectivity index is 2.21. The molecule has 2 aromatic carbocycles. The monoisotopic (exact) mass is 330 g/mol. The van der Waals surface area contributed by atoms with Crippen LogP contribution in [0.2, 0.25) is 0 Å². The summed E-state index contributed by atoms with van der Waals surface area (Å²) in [5.74, 6) is 0.860. The molecule has 0 amide bonds. The van der Waals surface area contributed by atoms with E-state index in [4.69, 9.17) is 9.47 Å². The molecule has 0 aromatic heterocycles. The van der Waals surface area contributed by atoms with E-state index in [9.17, 15) is 15.0 Å². The molecule has 0 saturated heterocycles. The highest BCUT2D eigenvalue weighted by Crippen LogP contribution is 2.28. The van der Waals surface area contributed by atoms with E-state index in [0.717, 1.165) is 33.4 Å². The van der Waals surface area contributed by atoms with Crippen LogP contribution in [0.4, 0.5) is 4.79 Å². The predicted molar refractivity (Wildman–Crippen MR) is 90.3 cm³/mol. The third-order valence-electron chi connectivity index (χ3n) is 3.78. The fraction of sp³-hybridized carbons (Fsp3) is 0.316. The minimum absolute atomic E-state index is 0.0675. The summed E-state index contributed by atoms with van der Waals surface area (Å²) in [6.45, 7) is 7.09. The molecule has 24 heavy (non-hydrogen) atoms. The molecule has 0 aliphatic carbocycles. The van der Waals surface area contributed by atoms with E-state index >= 15 is 0 Å². The quantitative estimate of drug-likeness (QED) is 0.663. The van der Waals surface area contributed by atoms with Crippen molar-refractivity contribution in [3.05, 3.63) is 57.6 Å². The second-order valence-corrected chi connectivity index (χ2v) is 5.89. The summed E-state index contributed by atoms with van der Waals surface area (Å²) >= 11 is 0. The van der Waals surface area contributed by atoms with Crippen LogP contribution in [0.5, 0.6) is 11.5 Å². The molecular formula is C19H22O5. The second-order valence-electron chi connectivity index (χ2n) is 5.89. The Morgan fingerprint density at radius 1 is 0.750 bits per heavy atom. The molecule has 5 nitrogen and oxygen atoms in total. The van der Waals surface area contributed by atoms with Crippen molar-refractivity contribution in [1.29, 1.82) is 0 Å². The maximum Gasteiger partial charge on any atom is 0.519 e. The molecule has 0 heterocycles. The Bertz CT molecular complexity index is 655. The molecule has 2 N–H and O–H groups in total. The number of hydrogen-bond donors (Lipinski definition) is 2. The van der Waals surface area contributed by atoms with E-state index in [0.29, 0.717) is 11.5 Å². The molecule has 2 rings (SSSR count). The molecule has 0 saturated carbocycles. The Labute approximate surface area is 141 Å². The van der Waals surface area contributed by atoms with Gasteiger partial charge >= 0.3 is 6.16 Å². The topological polar surface area (TPSA) is 76.0 Å². The lowest BCUT2D eigenvalue weighted by molar-refractivity contribution is 0.150. The molecular weight excluding hydrogens is 308 g/mol. The number of aliphatic hydroxyl groups is 2. The number of carbonyl (C=O) groups is 1. The smallest absolute Gasteiger partial charge is 0.394 e. The summed E-state index contributed by atoms with van der Waals surface area (Å²) in [5.41, 5.74) is 4.52. The Kier molecular flexibility index (Phi) is 5.59. The van der Waals surface area contributed by atoms with Crippen molar-refractivity contribution >= 4 is 6.16 Å². The van der Waals surface area contributed by atoms with E-state index in [1.54, 1.807) is 52.0 Å². The summed E-state index contributed by atoms with van der Waals surface area (Å²) in [7, 11) is 0.